The third-order valence-corrected chi connectivity index (χ3v) is 3.47. The molecule has 3 rings (SSSR count). The first-order valence-electron chi connectivity index (χ1n) is 5.23. The van der Waals surface area contributed by atoms with Crippen LogP contribution in [0.4, 0.5) is 0 Å². The lowest BCUT2D eigenvalue weighted by Crippen LogP contribution is -2.35. The van der Waals surface area contributed by atoms with Crippen molar-refractivity contribution in [3.05, 3.63) is 17.7 Å². The minimum Gasteiger partial charge on any atom is -0.396 e. The van der Waals surface area contributed by atoms with E-state index in [2.05, 4.69) is 14.9 Å². The van der Waals surface area contributed by atoms with Crippen LogP contribution >= 0.6 is 0 Å². The summed E-state index contributed by atoms with van der Waals surface area (Å²) in [4.78, 5) is 9.97. The van der Waals surface area contributed by atoms with Crippen molar-refractivity contribution < 1.29 is 5.11 Å². The van der Waals surface area contributed by atoms with Crippen LogP contribution in [0.25, 0.3) is 0 Å². The largest absolute Gasteiger partial charge is 0.396 e. The summed E-state index contributed by atoms with van der Waals surface area (Å²) in [6.07, 6.45) is 3.97. The summed E-state index contributed by atoms with van der Waals surface area (Å²) in [6.45, 7) is 2.35. The molecule has 0 radical (unpaired) electrons. The zero-order valence-electron chi connectivity index (χ0n) is 8.11. The molecule has 0 amide bonds. The molecule has 0 aliphatic carbocycles. The molecule has 1 fully saturated rings. The summed E-state index contributed by atoms with van der Waals surface area (Å²) in [6, 6.07) is 0.614. The monoisotopic (exact) mass is 193 g/mol. The lowest BCUT2D eigenvalue weighted by atomic mass is 10.0. The average molecular weight is 193 g/mol. The molecule has 0 saturated carbocycles. The molecular formula is C10H15N3O. The molecule has 14 heavy (non-hydrogen) atoms. The Morgan fingerprint density at radius 3 is 3.43 bits per heavy atom. The molecule has 2 aliphatic heterocycles. The number of nitrogens with one attached hydrogen (secondary N) is 1. The predicted molar refractivity (Wildman–Crippen MR) is 51.7 cm³/mol. The SMILES string of the molecule is OC[C@@H]1C[C@H]2Cc3nc[nH]c3CN2C1. The fourth-order valence-corrected chi connectivity index (χ4v) is 2.72. The maximum absolute atomic E-state index is 9.13. The van der Waals surface area contributed by atoms with Crippen LogP contribution in [0.1, 0.15) is 17.8 Å². The van der Waals surface area contributed by atoms with Crippen molar-refractivity contribution in [1.29, 1.82) is 0 Å². The third kappa shape index (κ3) is 1.18. The van der Waals surface area contributed by atoms with Crippen molar-refractivity contribution in [3.63, 3.8) is 0 Å². The van der Waals surface area contributed by atoms with Crippen molar-refractivity contribution >= 4 is 0 Å². The first-order valence-corrected chi connectivity index (χ1v) is 5.23. The summed E-state index contributed by atoms with van der Waals surface area (Å²) < 4.78 is 0. The van der Waals surface area contributed by atoms with Gasteiger partial charge in [-0.1, -0.05) is 0 Å². The molecule has 0 unspecified atom stereocenters. The highest BCUT2D eigenvalue weighted by Gasteiger charge is 2.35. The Balaban J connectivity index is 1.82. The molecule has 1 aromatic heterocycles. The normalized spacial score (nSPS) is 31.5. The van der Waals surface area contributed by atoms with Crippen LogP contribution in [-0.4, -0.2) is 39.2 Å². The van der Waals surface area contributed by atoms with Gasteiger partial charge in [-0.05, 0) is 12.3 Å². The lowest BCUT2D eigenvalue weighted by molar-refractivity contribution is 0.203. The van der Waals surface area contributed by atoms with Gasteiger partial charge in [-0.25, -0.2) is 4.98 Å². The molecule has 2 N–H and O–H groups in total. The lowest BCUT2D eigenvalue weighted by Gasteiger charge is -2.28. The standard InChI is InChI=1S/C10H15N3O/c14-5-7-1-8-2-9-10(12-6-11-9)4-13(8)3-7/h6-8,14H,1-5H2,(H,11,12)/t7-,8+/m1/s1. The number of aromatic amines is 1. The van der Waals surface area contributed by atoms with Gasteiger partial charge in [-0.15, -0.1) is 0 Å². The van der Waals surface area contributed by atoms with Crippen LogP contribution in [0, 0.1) is 5.92 Å². The highest BCUT2D eigenvalue weighted by atomic mass is 16.3. The smallest absolute Gasteiger partial charge is 0.0925 e. The molecule has 0 spiro atoms. The number of nitrogens with zero attached hydrogens (tertiary/aromatic N) is 2. The molecule has 76 valence electrons. The van der Waals surface area contributed by atoms with Crippen LogP contribution in [0.15, 0.2) is 6.33 Å². The third-order valence-electron chi connectivity index (χ3n) is 3.47. The quantitative estimate of drug-likeness (QED) is 0.667. The van der Waals surface area contributed by atoms with Gasteiger partial charge in [-0.3, -0.25) is 4.90 Å². The van der Waals surface area contributed by atoms with Crippen LogP contribution in [0.5, 0.6) is 0 Å². The van der Waals surface area contributed by atoms with E-state index in [1.54, 1.807) is 6.33 Å². The Labute approximate surface area is 83.0 Å². The van der Waals surface area contributed by atoms with Gasteiger partial charge in [0, 0.05) is 32.2 Å². The van der Waals surface area contributed by atoms with Crippen molar-refractivity contribution in [1.82, 2.24) is 14.9 Å². The number of aromatic nitrogens is 2. The molecule has 1 saturated heterocycles. The Morgan fingerprint density at radius 2 is 2.57 bits per heavy atom. The van der Waals surface area contributed by atoms with E-state index in [0.717, 1.165) is 25.9 Å². The van der Waals surface area contributed by atoms with E-state index >= 15 is 0 Å². The minimum absolute atomic E-state index is 0.328. The zero-order chi connectivity index (χ0) is 9.54. The van der Waals surface area contributed by atoms with Crippen molar-refractivity contribution in [2.75, 3.05) is 13.2 Å². The number of H-pyrrole nitrogens is 1. The summed E-state index contributed by atoms with van der Waals surface area (Å²) >= 11 is 0. The van der Waals surface area contributed by atoms with E-state index in [9.17, 15) is 0 Å². The number of imidazole rings is 1. The second-order valence-electron chi connectivity index (χ2n) is 4.40. The van der Waals surface area contributed by atoms with E-state index in [4.69, 9.17) is 5.11 Å². The fourth-order valence-electron chi connectivity index (χ4n) is 2.72. The number of hydrogen-bond donors (Lipinski definition) is 2. The number of aliphatic hydroxyl groups excluding tert-OH is 1. The summed E-state index contributed by atoms with van der Waals surface area (Å²) in [7, 11) is 0. The Hall–Kier alpha value is -0.870. The van der Waals surface area contributed by atoms with Gasteiger partial charge in [-0.2, -0.15) is 0 Å². The Morgan fingerprint density at radius 1 is 1.64 bits per heavy atom. The minimum atomic E-state index is 0.328. The van der Waals surface area contributed by atoms with Gasteiger partial charge in [0.05, 0.1) is 17.7 Å². The van der Waals surface area contributed by atoms with E-state index < -0.39 is 0 Å². The first kappa shape index (κ1) is 8.44. The molecule has 0 aromatic carbocycles. The molecule has 2 atom stereocenters. The van der Waals surface area contributed by atoms with E-state index in [1.807, 2.05) is 0 Å². The zero-order valence-corrected chi connectivity index (χ0v) is 8.11. The van der Waals surface area contributed by atoms with Gasteiger partial charge in [0.2, 0.25) is 0 Å². The second kappa shape index (κ2) is 3.07. The molecule has 1 aromatic rings. The van der Waals surface area contributed by atoms with Crippen LogP contribution in [-0.2, 0) is 13.0 Å². The number of aliphatic hydroxyl groups is 1. The average Bonchev–Trinajstić information content (AvgIpc) is 2.77. The first-order chi connectivity index (χ1) is 6.86. The molecule has 0 bridgehead atoms. The van der Waals surface area contributed by atoms with E-state index in [0.29, 0.717) is 18.6 Å². The molecule has 2 aliphatic rings. The van der Waals surface area contributed by atoms with Crippen LogP contribution in [0.2, 0.25) is 0 Å². The van der Waals surface area contributed by atoms with Gasteiger partial charge < -0.3 is 10.1 Å². The van der Waals surface area contributed by atoms with Crippen molar-refractivity contribution in [2.24, 2.45) is 5.92 Å². The van der Waals surface area contributed by atoms with Gasteiger partial charge >= 0.3 is 0 Å². The molecule has 3 heterocycles. The summed E-state index contributed by atoms with van der Waals surface area (Å²) in [5.74, 6) is 0.476. The highest BCUT2D eigenvalue weighted by molar-refractivity contribution is 5.17. The fraction of sp³-hybridized carbons (Fsp3) is 0.700. The van der Waals surface area contributed by atoms with Gasteiger partial charge in [0.1, 0.15) is 0 Å². The Bertz CT molecular complexity index is 307. The maximum atomic E-state index is 9.13. The topological polar surface area (TPSA) is 52.2 Å². The highest BCUT2D eigenvalue weighted by Crippen LogP contribution is 2.31. The van der Waals surface area contributed by atoms with Crippen molar-refractivity contribution in [2.45, 2.75) is 25.4 Å². The molecule has 4 nitrogen and oxygen atoms in total. The summed E-state index contributed by atoms with van der Waals surface area (Å²) in [5, 5.41) is 9.13. The van der Waals surface area contributed by atoms with E-state index in [-0.39, 0.29) is 0 Å². The van der Waals surface area contributed by atoms with Crippen molar-refractivity contribution in [3.8, 4) is 0 Å². The second-order valence-corrected chi connectivity index (χ2v) is 4.40. The maximum Gasteiger partial charge on any atom is 0.0925 e. The van der Waals surface area contributed by atoms with Crippen LogP contribution < -0.4 is 0 Å². The van der Waals surface area contributed by atoms with Gasteiger partial charge in [0.25, 0.3) is 0 Å². The van der Waals surface area contributed by atoms with E-state index in [1.165, 1.54) is 11.4 Å². The number of hydrogen-bond acceptors (Lipinski definition) is 3. The molecular weight excluding hydrogens is 178 g/mol. The van der Waals surface area contributed by atoms with Crippen LogP contribution in [0.3, 0.4) is 0 Å². The number of fused-ring (bicyclic) bond motifs is 2. The summed E-state index contributed by atoms with van der Waals surface area (Å²) in [5.41, 5.74) is 2.49. The number of rotatable bonds is 1. The molecule has 4 heteroatoms. The predicted octanol–water partition coefficient (Wildman–Crippen LogP) is 0.149. The van der Waals surface area contributed by atoms with Gasteiger partial charge in [0.15, 0.2) is 0 Å². The Kier molecular flexibility index (Phi) is 1.85.